The van der Waals surface area contributed by atoms with Gasteiger partial charge in [0.2, 0.25) is 0 Å². The van der Waals surface area contributed by atoms with Gasteiger partial charge in [0.25, 0.3) is 0 Å². The zero-order chi connectivity index (χ0) is 11.3. The van der Waals surface area contributed by atoms with Crippen molar-refractivity contribution in [3.8, 4) is 11.8 Å². The Bertz CT molecular complexity index is 290. The molecule has 1 aliphatic rings. The SMILES string of the molecule is CC#CCN1CCC(CCC)(C(=O)O)C1. The Labute approximate surface area is 91.5 Å². The van der Waals surface area contributed by atoms with Crippen LogP contribution in [0, 0.1) is 17.3 Å². The predicted octanol–water partition coefficient (Wildman–Crippen LogP) is 1.59. The van der Waals surface area contributed by atoms with Gasteiger partial charge in [0.05, 0.1) is 12.0 Å². The third kappa shape index (κ3) is 2.73. The van der Waals surface area contributed by atoms with Crippen LogP contribution >= 0.6 is 0 Å². The molecule has 84 valence electrons. The summed E-state index contributed by atoms with van der Waals surface area (Å²) in [6.07, 6.45) is 2.47. The highest BCUT2D eigenvalue weighted by Crippen LogP contribution is 2.35. The van der Waals surface area contributed by atoms with Crippen molar-refractivity contribution in [2.75, 3.05) is 19.6 Å². The molecule has 0 aliphatic carbocycles. The molecule has 0 aromatic rings. The predicted molar refractivity (Wildman–Crippen MR) is 59.5 cm³/mol. The van der Waals surface area contributed by atoms with Crippen LogP contribution in [-0.4, -0.2) is 35.6 Å². The van der Waals surface area contributed by atoms with Crippen LogP contribution in [0.25, 0.3) is 0 Å². The Morgan fingerprint density at radius 1 is 1.60 bits per heavy atom. The molecule has 0 radical (unpaired) electrons. The zero-order valence-electron chi connectivity index (χ0n) is 9.55. The maximum absolute atomic E-state index is 11.3. The standard InChI is InChI=1S/C12H19NO2/c1-3-5-8-13-9-7-12(10-13,6-4-2)11(14)15/h4,6-10H2,1-2H3,(H,14,15). The molecule has 1 atom stereocenters. The molecular formula is C12H19NO2. The van der Waals surface area contributed by atoms with Crippen molar-refractivity contribution in [1.82, 2.24) is 4.90 Å². The van der Waals surface area contributed by atoms with Crippen LogP contribution in [-0.2, 0) is 4.79 Å². The van der Waals surface area contributed by atoms with Crippen molar-refractivity contribution in [3.05, 3.63) is 0 Å². The fourth-order valence-corrected chi connectivity index (χ4v) is 2.25. The molecule has 15 heavy (non-hydrogen) atoms. The van der Waals surface area contributed by atoms with Crippen LogP contribution in [0.5, 0.6) is 0 Å². The number of likely N-dealkylation sites (tertiary alicyclic amines) is 1. The lowest BCUT2D eigenvalue weighted by Crippen LogP contribution is -2.34. The molecular weight excluding hydrogens is 190 g/mol. The molecule has 1 rings (SSSR count). The number of rotatable bonds is 4. The Hall–Kier alpha value is -1.01. The van der Waals surface area contributed by atoms with Gasteiger partial charge in [-0.2, -0.15) is 0 Å². The van der Waals surface area contributed by atoms with E-state index in [1.54, 1.807) is 0 Å². The zero-order valence-corrected chi connectivity index (χ0v) is 9.55. The number of hydrogen-bond donors (Lipinski definition) is 1. The number of carboxylic acids is 1. The minimum Gasteiger partial charge on any atom is -0.481 e. The monoisotopic (exact) mass is 209 g/mol. The average molecular weight is 209 g/mol. The summed E-state index contributed by atoms with van der Waals surface area (Å²) >= 11 is 0. The van der Waals surface area contributed by atoms with E-state index in [9.17, 15) is 9.90 Å². The first-order valence-electron chi connectivity index (χ1n) is 5.50. The molecule has 3 heteroatoms. The molecule has 0 aromatic heterocycles. The van der Waals surface area contributed by atoms with Crippen molar-refractivity contribution in [3.63, 3.8) is 0 Å². The van der Waals surface area contributed by atoms with E-state index >= 15 is 0 Å². The van der Waals surface area contributed by atoms with Gasteiger partial charge in [-0.15, -0.1) is 5.92 Å². The molecule has 0 spiro atoms. The fourth-order valence-electron chi connectivity index (χ4n) is 2.25. The Kier molecular flexibility index (Phi) is 4.16. The smallest absolute Gasteiger partial charge is 0.310 e. The van der Waals surface area contributed by atoms with Crippen molar-refractivity contribution >= 4 is 5.97 Å². The molecule has 1 heterocycles. The van der Waals surface area contributed by atoms with Gasteiger partial charge in [0.15, 0.2) is 0 Å². The van der Waals surface area contributed by atoms with E-state index < -0.39 is 11.4 Å². The highest BCUT2D eigenvalue weighted by molar-refractivity contribution is 5.75. The van der Waals surface area contributed by atoms with Gasteiger partial charge >= 0.3 is 5.97 Å². The Morgan fingerprint density at radius 3 is 2.87 bits per heavy atom. The summed E-state index contributed by atoms with van der Waals surface area (Å²) in [5, 5.41) is 9.28. The topological polar surface area (TPSA) is 40.5 Å². The maximum Gasteiger partial charge on any atom is 0.310 e. The summed E-state index contributed by atoms with van der Waals surface area (Å²) in [6.45, 7) is 6.08. The third-order valence-electron chi connectivity index (χ3n) is 3.09. The van der Waals surface area contributed by atoms with E-state index in [-0.39, 0.29) is 0 Å². The fraction of sp³-hybridized carbons (Fsp3) is 0.750. The van der Waals surface area contributed by atoms with E-state index in [0.717, 1.165) is 25.8 Å². The summed E-state index contributed by atoms with van der Waals surface area (Å²) in [5.74, 6) is 5.19. The first-order valence-corrected chi connectivity index (χ1v) is 5.50. The quantitative estimate of drug-likeness (QED) is 0.715. The highest BCUT2D eigenvalue weighted by Gasteiger charge is 2.43. The van der Waals surface area contributed by atoms with Gasteiger partial charge in [-0.05, 0) is 19.8 Å². The maximum atomic E-state index is 11.3. The molecule has 1 fully saturated rings. The summed E-state index contributed by atoms with van der Waals surface area (Å²) in [6, 6.07) is 0. The van der Waals surface area contributed by atoms with E-state index in [1.807, 2.05) is 13.8 Å². The van der Waals surface area contributed by atoms with Gasteiger partial charge in [-0.3, -0.25) is 9.69 Å². The second-order valence-electron chi connectivity index (χ2n) is 4.22. The van der Waals surface area contributed by atoms with Gasteiger partial charge in [-0.1, -0.05) is 19.3 Å². The van der Waals surface area contributed by atoms with Crippen LogP contribution in [0.1, 0.15) is 33.1 Å². The number of aliphatic carboxylic acids is 1. The van der Waals surface area contributed by atoms with E-state index in [4.69, 9.17) is 0 Å². The molecule has 1 unspecified atom stereocenters. The largest absolute Gasteiger partial charge is 0.481 e. The lowest BCUT2D eigenvalue weighted by atomic mass is 9.83. The second kappa shape index (κ2) is 5.18. The van der Waals surface area contributed by atoms with Crippen LogP contribution in [0.4, 0.5) is 0 Å². The van der Waals surface area contributed by atoms with Crippen molar-refractivity contribution < 1.29 is 9.90 Å². The van der Waals surface area contributed by atoms with E-state index in [1.165, 1.54) is 0 Å². The number of hydrogen-bond acceptors (Lipinski definition) is 2. The lowest BCUT2D eigenvalue weighted by molar-refractivity contribution is -0.148. The Morgan fingerprint density at radius 2 is 2.33 bits per heavy atom. The summed E-state index contributed by atoms with van der Waals surface area (Å²) in [7, 11) is 0. The molecule has 0 saturated carbocycles. The normalized spacial score (nSPS) is 26.0. The summed E-state index contributed by atoms with van der Waals surface area (Å²) in [5.41, 5.74) is -0.510. The number of carboxylic acid groups (broad SMARTS) is 1. The summed E-state index contributed by atoms with van der Waals surface area (Å²) in [4.78, 5) is 13.4. The van der Waals surface area contributed by atoms with Gasteiger partial charge < -0.3 is 5.11 Å². The first kappa shape index (κ1) is 12.1. The van der Waals surface area contributed by atoms with Crippen LogP contribution in [0.2, 0.25) is 0 Å². The highest BCUT2D eigenvalue weighted by atomic mass is 16.4. The second-order valence-corrected chi connectivity index (χ2v) is 4.22. The van der Waals surface area contributed by atoms with E-state index in [0.29, 0.717) is 13.1 Å². The van der Waals surface area contributed by atoms with Crippen LogP contribution in [0.3, 0.4) is 0 Å². The number of carbonyl (C=O) groups is 1. The van der Waals surface area contributed by atoms with Gasteiger partial charge in [0.1, 0.15) is 0 Å². The summed E-state index contributed by atoms with van der Waals surface area (Å²) < 4.78 is 0. The molecule has 0 aromatic carbocycles. The minimum absolute atomic E-state index is 0.510. The van der Waals surface area contributed by atoms with Crippen molar-refractivity contribution in [2.24, 2.45) is 5.41 Å². The molecule has 1 N–H and O–H groups in total. The van der Waals surface area contributed by atoms with E-state index in [2.05, 4.69) is 16.7 Å². The molecule has 3 nitrogen and oxygen atoms in total. The van der Waals surface area contributed by atoms with Gasteiger partial charge in [0, 0.05) is 13.1 Å². The average Bonchev–Trinajstić information content (AvgIpc) is 2.60. The van der Waals surface area contributed by atoms with Crippen molar-refractivity contribution in [2.45, 2.75) is 33.1 Å². The lowest BCUT2D eigenvalue weighted by Gasteiger charge is -2.23. The number of nitrogens with zero attached hydrogens (tertiary/aromatic N) is 1. The molecule has 0 amide bonds. The Balaban J connectivity index is 2.62. The molecule has 1 aliphatic heterocycles. The van der Waals surface area contributed by atoms with Gasteiger partial charge in [-0.25, -0.2) is 0 Å². The molecule has 0 bridgehead atoms. The first-order chi connectivity index (χ1) is 7.14. The van der Waals surface area contributed by atoms with Crippen molar-refractivity contribution in [1.29, 1.82) is 0 Å². The minimum atomic E-state index is -0.642. The van der Waals surface area contributed by atoms with Crippen LogP contribution < -0.4 is 0 Å². The molecule has 1 saturated heterocycles. The third-order valence-corrected chi connectivity index (χ3v) is 3.09. The van der Waals surface area contributed by atoms with Crippen LogP contribution in [0.15, 0.2) is 0 Å².